The third-order valence-corrected chi connectivity index (χ3v) is 2.47. The number of hydrogen-bond acceptors (Lipinski definition) is 4. The molecule has 0 aliphatic carbocycles. The highest BCUT2D eigenvalue weighted by Gasteiger charge is 2.09. The van der Waals surface area contributed by atoms with Gasteiger partial charge in [-0.3, -0.25) is 9.59 Å². The fourth-order valence-corrected chi connectivity index (χ4v) is 1.50. The monoisotopic (exact) mass is 245 g/mol. The third-order valence-electron chi connectivity index (χ3n) is 2.47. The lowest BCUT2D eigenvalue weighted by molar-refractivity contribution is 0.0997. The first kappa shape index (κ1) is 11.9. The molecule has 92 valence electrons. The maximum absolute atomic E-state index is 11.6. The molecule has 5 heteroatoms. The molecule has 0 saturated carbocycles. The van der Waals surface area contributed by atoms with E-state index in [1.54, 1.807) is 31.4 Å². The fraction of sp³-hybridized carbons (Fsp3) is 0.0769. The van der Waals surface area contributed by atoms with E-state index in [2.05, 4.69) is 0 Å². The summed E-state index contributed by atoms with van der Waals surface area (Å²) in [7, 11) is 1.57. The topological polar surface area (TPSA) is 82.5 Å². The van der Waals surface area contributed by atoms with Crippen LogP contribution in [0.3, 0.4) is 0 Å². The number of rotatable bonds is 3. The van der Waals surface area contributed by atoms with Crippen molar-refractivity contribution in [2.75, 3.05) is 7.11 Å². The number of amides is 1. The van der Waals surface area contributed by atoms with Crippen molar-refractivity contribution in [2.45, 2.75) is 0 Å². The van der Waals surface area contributed by atoms with Crippen LogP contribution >= 0.6 is 0 Å². The van der Waals surface area contributed by atoms with Crippen LogP contribution in [0.1, 0.15) is 10.4 Å². The molecule has 0 radical (unpaired) electrons. The van der Waals surface area contributed by atoms with Gasteiger partial charge in [-0.05, 0) is 24.3 Å². The number of carbonyl (C=O) groups is 1. The summed E-state index contributed by atoms with van der Waals surface area (Å²) in [5.41, 5.74) is 5.12. The number of hydrogen-bond donors (Lipinski definition) is 1. The van der Waals surface area contributed by atoms with E-state index in [1.807, 2.05) is 0 Å². The van der Waals surface area contributed by atoms with Crippen molar-refractivity contribution in [2.24, 2.45) is 5.73 Å². The van der Waals surface area contributed by atoms with E-state index in [4.69, 9.17) is 14.9 Å². The van der Waals surface area contributed by atoms with Crippen LogP contribution in [0.2, 0.25) is 0 Å². The molecule has 0 spiro atoms. The van der Waals surface area contributed by atoms with Crippen molar-refractivity contribution in [1.82, 2.24) is 0 Å². The van der Waals surface area contributed by atoms with Crippen LogP contribution in [0.4, 0.5) is 0 Å². The van der Waals surface area contributed by atoms with Gasteiger partial charge in [0.1, 0.15) is 23.3 Å². The average Bonchev–Trinajstić information content (AvgIpc) is 2.38. The van der Waals surface area contributed by atoms with Crippen LogP contribution in [-0.2, 0) is 0 Å². The molecular weight excluding hydrogens is 234 g/mol. The Hall–Kier alpha value is -2.56. The van der Waals surface area contributed by atoms with Gasteiger partial charge in [-0.15, -0.1) is 0 Å². The van der Waals surface area contributed by atoms with Gasteiger partial charge < -0.3 is 14.9 Å². The van der Waals surface area contributed by atoms with Crippen LogP contribution in [0, 0.1) is 0 Å². The molecule has 18 heavy (non-hydrogen) atoms. The van der Waals surface area contributed by atoms with E-state index in [1.165, 1.54) is 6.07 Å². The Kier molecular flexibility index (Phi) is 3.14. The highest BCUT2D eigenvalue weighted by Crippen LogP contribution is 2.21. The summed E-state index contributed by atoms with van der Waals surface area (Å²) >= 11 is 0. The quantitative estimate of drug-likeness (QED) is 0.886. The van der Waals surface area contributed by atoms with Crippen LogP contribution < -0.4 is 15.9 Å². The molecule has 0 fully saturated rings. The van der Waals surface area contributed by atoms with Gasteiger partial charge >= 0.3 is 0 Å². The van der Waals surface area contributed by atoms with Crippen LogP contribution in [0.25, 0.3) is 11.3 Å². The van der Waals surface area contributed by atoms with Crippen molar-refractivity contribution in [3.63, 3.8) is 0 Å². The molecule has 1 heterocycles. The second kappa shape index (κ2) is 4.75. The summed E-state index contributed by atoms with van der Waals surface area (Å²) in [5, 5.41) is 0. The lowest BCUT2D eigenvalue weighted by Gasteiger charge is -2.03. The zero-order valence-electron chi connectivity index (χ0n) is 9.67. The molecule has 0 bridgehead atoms. The number of ether oxygens (including phenoxy) is 1. The van der Waals surface area contributed by atoms with Crippen molar-refractivity contribution in [3.05, 3.63) is 52.4 Å². The molecule has 1 aromatic carbocycles. The molecule has 0 aliphatic rings. The zero-order valence-corrected chi connectivity index (χ0v) is 9.67. The summed E-state index contributed by atoms with van der Waals surface area (Å²) in [6.07, 6.45) is 1.07. The van der Waals surface area contributed by atoms with Crippen LogP contribution in [0.5, 0.6) is 5.75 Å². The van der Waals surface area contributed by atoms with Crippen molar-refractivity contribution < 1.29 is 13.9 Å². The average molecular weight is 245 g/mol. The van der Waals surface area contributed by atoms with E-state index >= 15 is 0 Å². The van der Waals surface area contributed by atoms with Crippen LogP contribution in [0.15, 0.2) is 45.8 Å². The standard InChI is InChI=1S/C13H11NO4/c1-17-9-4-2-8(3-5-9)12-6-11(15)10(7-18-12)13(14)16/h2-7H,1H3,(H2,14,16). The summed E-state index contributed by atoms with van der Waals surface area (Å²) in [6, 6.07) is 8.23. The van der Waals surface area contributed by atoms with E-state index in [0.717, 1.165) is 6.26 Å². The van der Waals surface area contributed by atoms with Gasteiger partial charge in [0, 0.05) is 11.6 Å². The molecule has 2 aromatic rings. The number of carbonyl (C=O) groups excluding carboxylic acids is 1. The van der Waals surface area contributed by atoms with Crippen molar-refractivity contribution in [3.8, 4) is 17.1 Å². The van der Waals surface area contributed by atoms with E-state index < -0.39 is 11.3 Å². The molecule has 5 nitrogen and oxygen atoms in total. The SMILES string of the molecule is COc1ccc(-c2cc(=O)c(C(N)=O)co2)cc1. The molecule has 0 saturated heterocycles. The summed E-state index contributed by atoms with van der Waals surface area (Å²) < 4.78 is 10.2. The third kappa shape index (κ3) is 2.24. The Balaban J connectivity index is 2.42. The lowest BCUT2D eigenvalue weighted by Crippen LogP contribution is -2.20. The Labute approximate surface area is 103 Å². The largest absolute Gasteiger partial charge is 0.497 e. The first-order valence-corrected chi connectivity index (χ1v) is 5.19. The van der Waals surface area contributed by atoms with Gasteiger partial charge in [0.05, 0.1) is 7.11 Å². The molecule has 1 aromatic heterocycles. The predicted octanol–water partition coefficient (Wildman–Crippen LogP) is 1.41. The minimum absolute atomic E-state index is 0.160. The highest BCUT2D eigenvalue weighted by atomic mass is 16.5. The number of methoxy groups -OCH3 is 1. The maximum atomic E-state index is 11.6. The van der Waals surface area contributed by atoms with Gasteiger partial charge in [0.25, 0.3) is 5.91 Å². The maximum Gasteiger partial charge on any atom is 0.255 e. The molecule has 0 aliphatic heterocycles. The van der Waals surface area contributed by atoms with Gasteiger partial charge in [-0.2, -0.15) is 0 Å². The Morgan fingerprint density at radius 2 is 1.94 bits per heavy atom. The molecule has 0 atom stereocenters. The molecule has 0 unspecified atom stereocenters. The minimum atomic E-state index is -0.801. The van der Waals surface area contributed by atoms with Gasteiger partial charge in [0.2, 0.25) is 0 Å². The highest BCUT2D eigenvalue weighted by molar-refractivity contribution is 5.92. The van der Waals surface area contributed by atoms with Gasteiger partial charge in [-0.1, -0.05) is 0 Å². The lowest BCUT2D eigenvalue weighted by atomic mass is 10.1. The Morgan fingerprint density at radius 3 is 2.44 bits per heavy atom. The molecule has 2 rings (SSSR count). The summed E-state index contributed by atoms with van der Waals surface area (Å²) in [5.74, 6) is 0.271. The molecular formula is C13H11NO4. The number of nitrogens with two attached hydrogens (primary N) is 1. The normalized spacial score (nSPS) is 10.1. The number of benzene rings is 1. The van der Waals surface area contributed by atoms with Crippen molar-refractivity contribution >= 4 is 5.91 Å². The van der Waals surface area contributed by atoms with E-state index in [0.29, 0.717) is 17.1 Å². The second-order valence-corrected chi connectivity index (χ2v) is 3.61. The minimum Gasteiger partial charge on any atom is -0.497 e. The number of primary amides is 1. The van der Waals surface area contributed by atoms with Crippen molar-refractivity contribution in [1.29, 1.82) is 0 Å². The summed E-state index contributed by atoms with van der Waals surface area (Å²) in [6.45, 7) is 0. The Morgan fingerprint density at radius 1 is 1.28 bits per heavy atom. The van der Waals surface area contributed by atoms with E-state index in [-0.39, 0.29) is 5.56 Å². The predicted molar refractivity (Wildman–Crippen MR) is 65.5 cm³/mol. The summed E-state index contributed by atoms with van der Waals surface area (Å²) in [4.78, 5) is 22.5. The smallest absolute Gasteiger partial charge is 0.255 e. The molecule has 1 amide bonds. The Bertz CT molecular complexity index is 628. The van der Waals surface area contributed by atoms with E-state index in [9.17, 15) is 9.59 Å². The fourth-order valence-electron chi connectivity index (χ4n) is 1.50. The van der Waals surface area contributed by atoms with Gasteiger partial charge in [0.15, 0.2) is 5.43 Å². The first-order chi connectivity index (χ1) is 8.61. The first-order valence-electron chi connectivity index (χ1n) is 5.19. The van der Waals surface area contributed by atoms with Crippen LogP contribution in [-0.4, -0.2) is 13.0 Å². The second-order valence-electron chi connectivity index (χ2n) is 3.61. The van der Waals surface area contributed by atoms with Gasteiger partial charge in [-0.25, -0.2) is 0 Å². The molecule has 2 N–H and O–H groups in total. The zero-order chi connectivity index (χ0) is 13.1.